The summed E-state index contributed by atoms with van der Waals surface area (Å²) in [7, 11) is 2.86. The number of ether oxygens (including phenoxy) is 2. The minimum Gasteiger partial charge on any atom is -0.494 e. The molecule has 84 valence electrons. The number of nitrogens with zero attached hydrogens (tertiary/aromatic N) is 1. The summed E-state index contributed by atoms with van der Waals surface area (Å²) in [5.74, 6) is -0.460. The van der Waals surface area contributed by atoms with Crippen molar-refractivity contribution in [2.24, 2.45) is 0 Å². The number of methoxy groups -OCH3 is 2. The van der Waals surface area contributed by atoms with E-state index in [-0.39, 0.29) is 11.3 Å². The van der Waals surface area contributed by atoms with Crippen molar-refractivity contribution in [1.29, 1.82) is 0 Å². The Balaban J connectivity index is 3.62. The van der Waals surface area contributed by atoms with Crippen molar-refractivity contribution in [3.05, 3.63) is 28.6 Å². The van der Waals surface area contributed by atoms with Crippen LogP contribution in [-0.4, -0.2) is 25.3 Å². The molecule has 0 bridgehead atoms. The van der Waals surface area contributed by atoms with Crippen molar-refractivity contribution in [2.75, 3.05) is 14.2 Å². The Bertz CT molecular complexity index is 474. The van der Waals surface area contributed by atoms with E-state index in [9.17, 15) is 4.79 Å². The van der Waals surface area contributed by atoms with E-state index < -0.39 is 5.97 Å². The maximum atomic E-state index is 11.0. The Morgan fingerprint density at radius 2 is 2.06 bits per heavy atom. The van der Waals surface area contributed by atoms with Gasteiger partial charge in [0.2, 0.25) is 5.69 Å². The number of rotatable bonds is 3. The van der Waals surface area contributed by atoms with Crippen LogP contribution in [0.15, 0.2) is 6.07 Å². The number of benzene rings is 1. The van der Waals surface area contributed by atoms with Crippen LogP contribution in [0.25, 0.3) is 4.85 Å². The fraction of sp³-hybridized carbons (Fsp3) is 0.273. The fourth-order valence-corrected chi connectivity index (χ4v) is 1.47. The molecule has 0 aliphatic carbocycles. The maximum Gasteiger partial charge on any atom is 0.325 e. The van der Waals surface area contributed by atoms with Gasteiger partial charge in [0.25, 0.3) is 0 Å². The largest absolute Gasteiger partial charge is 0.494 e. The monoisotopic (exact) mass is 221 g/mol. The van der Waals surface area contributed by atoms with Gasteiger partial charge in [-0.05, 0) is 13.0 Å². The van der Waals surface area contributed by atoms with Gasteiger partial charge in [-0.1, -0.05) is 0 Å². The molecule has 1 N–H and O–H groups in total. The molecule has 0 aromatic heterocycles. The summed E-state index contributed by atoms with van der Waals surface area (Å²) >= 11 is 0. The molecular formula is C11H11NO4. The molecule has 0 amide bonds. The van der Waals surface area contributed by atoms with Crippen molar-refractivity contribution in [3.8, 4) is 11.5 Å². The Morgan fingerprint density at radius 1 is 1.44 bits per heavy atom. The third kappa shape index (κ3) is 1.77. The lowest BCUT2D eigenvalue weighted by molar-refractivity contribution is 0.0697. The zero-order valence-corrected chi connectivity index (χ0v) is 9.20. The molecule has 0 fully saturated rings. The summed E-state index contributed by atoms with van der Waals surface area (Å²) in [6.45, 7) is 8.61. The fourth-order valence-electron chi connectivity index (χ4n) is 1.47. The predicted molar refractivity (Wildman–Crippen MR) is 57.5 cm³/mol. The first kappa shape index (κ1) is 11.9. The SMILES string of the molecule is [C-]#[N+]c1c(C(=O)O)cc(OC)c(OC)c1C. The van der Waals surface area contributed by atoms with Crippen molar-refractivity contribution in [3.63, 3.8) is 0 Å². The quantitative estimate of drug-likeness (QED) is 0.795. The molecule has 0 atom stereocenters. The third-order valence-electron chi connectivity index (χ3n) is 2.22. The Morgan fingerprint density at radius 3 is 2.44 bits per heavy atom. The van der Waals surface area contributed by atoms with Gasteiger partial charge in [0.15, 0.2) is 11.5 Å². The average Bonchev–Trinajstić information content (AvgIpc) is 2.27. The minimum atomic E-state index is -1.16. The molecule has 5 nitrogen and oxygen atoms in total. The molecule has 0 saturated heterocycles. The summed E-state index contributed by atoms with van der Waals surface area (Å²) in [5, 5.41) is 8.97. The second-order valence-electron chi connectivity index (χ2n) is 3.05. The molecule has 1 rings (SSSR count). The Hall–Kier alpha value is -2.22. The van der Waals surface area contributed by atoms with E-state index in [0.29, 0.717) is 17.1 Å². The molecule has 0 spiro atoms. The van der Waals surface area contributed by atoms with Gasteiger partial charge in [-0.3, -0.25) is 0 Å². The van der Waals surface area contributed by atoms with Gasteiger partial charge in [-0.2, -0.15) is 0 Å². The molecule has 16 heavy (non-hydrogen) atoms. The first-order valence-corrected chi connectivity index (χ1v) is 4.43. The van der Waals surface area contributed by atoms with Gasteiger partial charge >= 0.3 is 5.97 Å². The summed E-state index contributed by atoms with van der Waals surface area (Å²) in [6.07, 6.45) is 0. The van der Waals surface area contributed by atoms with Crippen LogP contribution in [0.5, 0.6) is 11.5 Å². The molecule has 1 aromatic rings. The first-order chi connectivity index (χ1) is 7.56. The van der Waals surface area contributed by atoms with Crippen LogP contribution in [0.4, 0.5) is 5.69 Å². The van der Waals surface area contributed by atoms with Gasteiger partial charge in [-0.25, -0.2) is 9.64 Å². The van der Waals surface area contributed by atoms with Gasteiger partial charge in [0, 0.05) is 5.56 Å². The van der Waals surface area contributed by atoms with Crippen LogP contribution in [0.2, 0.25) is 0 Å². The van der Waals surface area contributed by atoms with Gasteiger partial charge in [0.1, 0.15) is 0 Å². The smallest absolute Gasteiger partial charge is 0.325 e. The van der Waals surface area contributed by atoms with E-state index in [1.807, 2.05) is 0 Å². The van der Waals surface area contributed by atoms with E-state index in [4.69, 9.17) is 21.2 Å². The molecule has 0 heterocycles. The molecule has 0 saturated carbocycles. The zero-order valence-electron chi connectivity index (χ0n) is 9.20. The number of carboxylic acids is 1. The van der Waals surface area contributed by atoms with Crippen LogP contribution in [0.1, 0.15) is 15.9 Å². The summed E-state index contributed by atoms with van der Waals surface area (Å²) < 4.78 is 10.1. The van der Waals surface area contributed by atoms with E-state index in [2.05, 4.69) is 4.85 Å². The highest BCUT2D eigenvalue weighted by molar-refractivity contribution is 5.97. The van der Waals surface area contributed by atoms with Gasteiger partial charge in [0.05, 0.1) is 26.4 Å². The molecule has 0 aliphatic heterocycles. The van der Waals surface area contributed by atoms with Gasteiger partial charge < -0.3 is 14.6 Å². The van der Waals surface area contributed by atoms with E-state index in [0.717, 1.165) is 0 Å². The van der Waals surface area contributed by atoms with Crippen LogP contribution in [0.3, 0.4) is 0 Å². The number of hydrogen-bond donors (Lipinski definition) is 1. The molecule has 0 unspecified atom stereocenters. The second kappa shape index (κ2) is 4.53. The molecular weight excluding hydrogens is 210 g/mol. The van der Waals surface area contributed by atoms with Crippen LogP contribution >= 0.6 is 0 Å². The minimum absolute atomic E-state index is 0.0742. The highest BCUT2D eigenvalue weighted by atomic mass is 16.5. The molecule has 1 aromatic carbocycles. The van der Waals surface area contributed by atoms with Crippen molar-refractivity contribution >= 4 is 11.7 Å². The number of aromatic carboxylic acids is 1. The standard InChI is InChI=1S/C11H11NO4/c1-6-9(12-2)7(11(13)14)5-8(15-3)10(6)16-4/h5H,1,3-4H3,(H,13,14). The zero-order chi connectivity index (χ0) is 12.3. The lowest BCUT2D eigenvalue weighted by atomic mass is 10.1. The lowest BCUT2D eigenvalue weighted by Gasteiger charge is -2.13. The van der Waals surface area contributed by atoms with E-state index in [1.54, 1.807) is 6.92 Å². The normalized spacial score (nSPS) is 9.38. The second-order valence-corrected chi connectivity index (χ2v) is 3.05. The van der Waals surface area contributed by atoms with E-state index >= 15 is 0 Å². The predicted octanol–water partition coefficient (Wildman–Crippen LogP) is 2.26. The van der Waals surface area contributed by atoms with Crippen LogP contribution < -0.4 is 9.47 Å². The lowest BCUT2D eigenvalue weighted by Crippen LogP contribution is -2.01. The topological polar surface area (TPSA) is 60.1 Å². The highest BCUT2D eigenvalue weighted by Crippen LogP contribution is 2.39. The third-order valence-corrected chi connectivity index (χ3v) is 2.22. The summed E-state index contributed by atoms with van der Waals surface area (Å²) in [5.41, 5.74) is 0.463. The van der Waals surface area contributed by atoms with Crippen LogP contribution in [-0.2, 0) is 0 Å². The molecule has 5 heteroatoms. The number of carbonyl (C=O) groups is 1. The first-order valence-electron chi connectivity index (χ1n) is 4.43. The van der Waals surface area contributed by atoms with Gasteiger partial charge in [-0.15, -0.1) is 0 Å². The van der Waals surface area contributed by atoms with E-state index in [1.165, 1.54) is 20.3 Å². The summed E-state index contributed by atoms with van der Waals surface area (Å²) in [4.78, 5) is 14.2. The molecule has 0 aliphatic rings. The number of hydrogen-bond acceptors (Lipinski definition) is 3. The van der Waals surface area contributed by atoms with Crippen LogP contribution in [0, 0.1) is 13.5 Å². The average molecular weight is 221 g/mol. The van der Waals surface area contributed by atoms with Crippen molar-refractivity contribution < 1.29 is 19.4 Å². The maximum absolute atomic E-state index is 11.0. The molecule has 0 radical (unpaired) electrons. The Kier molecular flexibility index (Phi) is 3.36. The highest BCUT2D eigenvalue weighted by Gasteiger charge is 2.20. The van der Waals surface area contributed by atoms with Crippen molar-refractivity contribution in [1.82, 2.24) is 0 Å². The Labute approximate surface area is 93.0 Å². The van der Waals surface area contributed by atoms with Crippen molar-refractivity contribution in [2.45, 2.75) is 6.92 Å². The number of carboxylic acid groups (broad SMARTS) is 1. The summed E-state index contributed by atoms with van der Waals surface area (Å²) in [6, 6.07) is 1.29.